The maximum atomic E-state index is 11.5. The molecule has 1 amide bonds. The summed E-state index contributed by atoms with van der Waals surface area (Å²) in [7, 11) is 0. The summed E-state index contributed by atoms with van der Waals surface area (Å²) in [4.78, 5) is 11.5. The Bertz CT molecular complexity index is 421. The first-order chi connectivity index (χ1) is 8.13. The summed E-state index contributed by atoms with van der Waals surface area (Å²) in [6.07, 6.45) is 1.32. The van der Waals surface area contributed by atoms with E-state index in [0.29, 0.717) is 5.70 Å². The summed E-state index contributed by atoms with van der Waals surface area (Å²) in [6, 6.07) is 9.54. The lowest BCUT2D eigenvalue weighted by Crippen LogP contribution is -2.23. The van der Waals surface area contributed by atoms with Gasteiger partial charge in [-0.15, -0.1) is 0 Å². The quantitative estimate of drug-likeness (QED) is 0.806. The van der Waals surface area contributed by atoms with Crippen molar-refractivity contribution in [3.63, 3.8) is 0 Å². The largest absolute Gasteiger partial charge is 0.444 e. The lowest BCUT2D eigenvalue weighted by molar-refractivity contribution is 0.142. The third-order valence-electron chi connectivity index (χ3n) is 2.20. The van der Waals surface area contributed by atoms with Crippen molar-refractivity contribution in [1.29, 1.82) is 0 Å². The highest BCUT2D eigenvalue weighted by Crippen LogP contribution is 2.04. The van der Waals surface area contributed by atoms with Gasteiger partial charge in [-0.2, -0.15) is 0 Å². The van der Waals surface area contributed by atoms with E-state index in [4.69, 9.17) is 4.74 Å². The Morgan fingerprint density at radius 2 is 2.06 bits per heavy atom. The fourth-order valence-electron chi connectivity index (χ4n) is 1.29. The van der Waals surface area contributed by atoms with Gasteiger partial charge < -0.3 is 4.74 Å². The van der Waals surface area contributed by atoms with Crippen LogP contribution in [0, 0.1) is 0 Å². The van der Waals surface area contributed by atoms with Crippen molar-refractivity contribution in [1.82, 2.24) is 5.32 Å². The molecule has 1 rings (SSSR count). The summed E-state index contributed by atoms with van der Waals surface area (Å²) in [5.41, 5.74) is 2.44. The number of rotatable bonds is 4. The molecule has 1 aromatic carbocycles. The lowest BCUT2D eigenvalue weighted by Gasteiger charge is -2.09. The Labute approximate surface area is 102 Å². The van der Waals surface area contributed by atoms with Gasteiger partial charge in [0.2, 0.25) is 0 Å². The number of allylic oxidation sites excluding steroid dienone is 2. The van der Waals surface area contributed by atoms with Crippen molar-refractivity contribution in [2.75, 3.05) is 0 Å². The van der Waals surface area contributed by atoms with E-state index in [1.54, 1.807) is 6.08 Å². The molecule has 3 heteroatoms. The highest BCUT2D eigenvalue weighted by atomic mass is 16.5. The number of hydrogen-bond acceptors (Lipinski definition) is 2. The first kappa shape index (κ1) is 13.0. The number of carbonyl (C=O) groups is 1. The molecule has 0 aliphatic carbocycles. The van der Waals surface area contributed by atoms with Crippen molar-refractivity contribution in [2.45, 2.75) is 20.5 Å². The molecule has 0 radical (unpaired) electrons. The molecule has 0 spiro atoms. The summed E-state index contributed by atoms with van der Waals surface area (Å²) in [5.74, 6) is 0. The molecule has 1 N–H and O–H groups in total. The standard InChI is InChI=1S/C14H17NO2/c1-4-13(11(2)3)15-14(16)17-10-12-8-6-5-7-9-12/h4-9H,2,10H2,1,3H3,(H,15,16)/b13-4-. The Morgan fingerprint density at radius 1 is 1.41 bits per heavy atom. The molecule has 0 aliphatic heterocycles. The molecule has 0 aliphatic rings. The van der Waals surface area contributed by atoms with Crippen LogP contribution in [0.4, 0.5) is 4.79 Å². The number of nitrogens with one attached hydrogen (secondary N) is 1. The van der Waals surface area contributed by atoms with Gasteiger partial charge in [-0.1, -0.05) is 43.0 Å². The average molecular weight is 231 g/mol. The molecular formula is C14H17NO2. The Kier molecular flexibility index (Phi) is 5.01. The average Bonchev–Trinajstić information content (AvgIpc) is 2.34. The normalized spacial score (nSPS) is 10.8. The maximum Gasteiger partial charge on any atom is 0.411 e. The second kappa shape index (κ2) is 6.53. The maximum absolute atomic E-state index is 11.5. The zero-order chi connectivity index (χ0) is 12.7. The van der Waals surface area contributed by atoms with Crippen LogP contribution in [-0.2, 0) is 11.3 Å². The van der Waals surface area contributed by atoms with Gasteiger partial charge in [0.25, 0.3) is 0 Å². The minimum absolute atomic E-state index is 0.264. The van der Waals surface area contributed by atoms with Crippen molar-refractivity contribution >= 4 is 6.09 Å². The molecule has 1 aromatic rings. The second-order valence-electron chi connectivity index (χ2n) is 3.67. The van der Waals surface area contributed by atoms with Crippen molar-refractivity contribution in [3.8, 4) is 0 Å². The first-order valence-corrected chi connectivity index (χ1v) is 5.43. The molecule has 0 atom stereocenters. The van der Waals surface area contributed by atoms with Crippen molar-refractivity contribution in [2.24, 2.45) is 0 Å². The van der Waals surface area contributed by atoms with E-state index < -0.39 is 6.09 Å². The second-order valence-corrected chi connectivity index (χ2v) is 3.67. The molecule has 0 unspecified atom stereocenters. The van der Waals surface area contributed by atoms with Crippen LogP contribution in [0.1, 0.15) is 19.4 Å². The van der Waals surface area contributed by atoms with Gasteiger partial charge in [0.15, 0.2) is 0 Å². The summed E-state index contributed by atoms with van der Waals surface area (Å²) < 4.78 is 5.08. The minimum Gasteiger partial charge on any atom is -0.444 e. The molecule has 0 bridgehead atoms. The lowest BCUT2D eigenvalue weighted by atomic mass is 10.2. The van der Waals surface area contributed by atoms with E-state index in [1.807, 2.05) is 44.2 Å². The summed E-state index contributed by atoms with van der Waals surface area (Å²) in [5, 5.41) is 2.64. The van der Waals surface area contributed by atoms with Gasteiger partial charge >= 0.3 is 6.09 Å². The molecule has 17 heavy (non-hydrogen) atoms. The van der Waals surface area contributed by atoms with E-state index in [2.05, 4.69) is 11.9 Å². The van der Waals surface area contributed by atoms with Crippen LogP contribution in [0.15, 0.2) is 54.3 Å². The predicted molar refractivity (Wildman–Crippen MR) is 68.3 cm³/mol. The van der Waals surface area contributed by atoms with E-state index in [-0.39, 0.29) is 6.61 Å². The van der Waals surface area contributed by atoms with Gasteiger partial charge in [-0.25, -0.2) is 4.79 Å². The van der Waals surface area contributed by atoms with Gasteiger partial charge in [-0.05, 0) is 25.0 Å². The van der Waals surface area contributed by atoms with Crippen molar-refractivity contribution in [3.05, 3.63) is 59.8 Å². The summed E-state index contributed by atoms with van der Waals surface area (Å²) >= 11 is 0. The number of benzene rings is 1. The van der Waals surface area contributed by atoms with Crippen LogP contribution < -0.4 is 5.32 Å². The Hall–Kier alpha value is -2.03. The van der Waals surface area contributed by atoms with Crippen LogP contribution >= 0.6 is 0 Å². The number of alkyl carbamates (subject to hydrolysis) is 1. The van der Waals surface area contributed by atoms with Crippen molar-refractivity contribution < 1.29 is 9.53 Å². The molecule has 0 saturated heterocycles. The predicted octanol–water partition coefficient (Wildman–Crippen LogP) is 3.39. The molecule has 0 fully saturated rings. The number of carbonyl (C=O) groups excluding carboxylic acids is 1. The molecular weight excluding hydrogens is 214 g/mol. The highest BCUT2D eigenvalue weighted by Gasteiger charge is 2.05. The Morgan fingerprint density at radius 3 is 2.59 bits per heavy atom. The van der Waals surface area contributed by atoms with E-state index in [9.17, 15) is 4.79 Å². The smallest absolute Gasteiger partial charge is 0.411 e. The molecule has 0 saturated carbocycles. The molecule has 3 nitrogen and oxygen atoms in total. The Balaban J connectivity index is 2.43. The minimum atomic E-state index is -0.468. The fraction of sp³-hybridized carbons (Fsp3) is 0.214. The first-order valence-electron chi connectivity index (χ1n) is 5.43. The van der Waals surface area contributed by atoms with Gasteiger partial charge in [0, 0.05) is 5.70 Å². The van der Waals surface area contributed by atoms with Gasteiger partial charge in [-0.3, -0.25) is 5.32 Å². The van der Waals surface area contributed by atoms with Crippen LogP contribution in [-0.4, -0.2) is 6.09 Å². The highest BCUT2D eigenvalue weighted by molar-refractivity contribution is 5.70. The van der Waals surface area contributed by atoms with Crippen LogP contribution in [0.3, 0.4) is 0 Å². The topological polar surface area (TPSA) is 38.3 Å². The van der Waals surface area contributed by atoms with Crippen LogP contribution in [0.2, 0.25) is 0 Å². The third kappa shape index (κ3) is 4.55. The fourth-order valence-corrected chi connectivity index (χ4v) is 1.29. The summed E-state index contributed by atoms with van der Waals surface area (Å²) in [6.45, 7) is 7.68. The molecule has 0 heterocycles. The molecule has 90 valence electrons. The van der Waals surface area contributed by atoms with E-state index >= 15 is 0 Å². The zero-order valence-electron chi connectivity index (χ0n) is 10.2. The van der Waals surface area contributed by atoms with E-state index in [1.165, 1.54) is 0 Å². The number of amides is 1. The molecule has 0 aromatic heterocycles. The third-order valence-corrected chi connectivity index (χ3v) is 2.20. The SMILES string of the molecule is C=C(C)/C(=C/C)NC(=O)OCc1ccccc1. The number of ether oxygens (including phenoxy) is 1. The monoisotopic (exact) mass is 231 g/mol. The van der Waals surface area contributed by atoms with E-state index in [0.717, 1.165) is 11.1 Å². The van der Waals surface area contributed by atoms with Crippen LogP contribution in [0.5, 0.6) is 0 Å². The van der Waals surface area contributed by atoms with Gasteiger partial charge in [0.05, 0.1) is 0 Å². The van der Waals surface area contributed by atoms with Gasteiger partial charge in [0.1, 0.15) is 6.61 Å². The zero-order valence-corrected chi connectivity index (χ0v) is 10.2. The van der Waals surface area contributed by atoms with Crippen LogP contribution in [0.25, 0.3) is 0 Å². The number of hydrogen-bond donors (Lipinski definition) is 1.